The zero-order chi connectivity index (χ0) is 21.8. The zero-order valence-corrected chi connectivity index (χ0v) is 18.8. The van der Waals surface area contributed by atoms with Crippen LogP contribution in [0.3, 0.4) is 0 Å². The molecular formula is C26H32N4O. The number of amides is 1. The van der Waals surface area contributed by atoms with Crippen LogP contribution >= 0.6 is 0 Å². The van der Waals surface area contributed by atoms with Gasteiger partial charge in [0.05, 0.1) is 5.69 Å². The van der Waals surface area contributed by atoms with Crippen molar-refractivity contribution in [3.05, 3.63) is 71.5 Å². The summed E-state index contributed by atoms with van der Waals surface area (Å²) in [5, 5.41) is 7.66. The van der Waals surface area contributed by atoms with E-state index in [-0.39, 0.29) is 11.8 Å². The molecule has 0 atom stereocenters. The van der Waals surface area contributed by atoms with Crippen LogP contribution in [0.4, 0.5) is 5.69 Å². The Morgan fingerprint density at radius 2 is 1.81 bits per heavy atom. The highest BCUT2D eigenvalue weighted by Crippen LogP contribution is 2.24. The van der Waals surface area contributed by atoms with Gasteiger partial charge in [0.1, 0.15) is 0 Å². The van der Waals surface area contributed by atoms with Gasteiger partial charge in [-0.25, -0.2) is 0 Å². The van der Waals surface area contributed by atoms with Crippen molar-refractivity contribution < 1.29 is 4.79 Å². The third-order valence-electron chi connectivity index (χ3n) is 6.23. The number of carbonyl (C=O) groups excluding carboxylic acids is 1. The number of nitrogens with zero attached hydrogens (tertiary/aromatic N) is 3. The lowest BCUT2D eigenvalue weighted by molar-refractivity contribution is -0.121. The maximum atomic E-state index is 12.8. The highest BCUT2D eigenvalue weighted by atomic mass is 16.1. The van der Waals surface area contributed by atoms with Crippen LogP contribution in [0.25, 0.3) is 11.1 Å². The third kappa shape index (κ3) is 5.23. The standard InChI is InChI=1S/C26H32N4O/c1-4-30-18-24(20(3)28-30)17-29-14-12-22(13-15-29)26(31)27-25-10-8-21(9-11-25)23-7-5-6-19(2)16-23/h5-11,16,18,22H,4,12-15,17H2,1-3H3,(H,27,31). The molecule has 1 N–H and O–H groups in total. The average molecular weight is 417 g/mol. The third-order valence-corrected chi connectivity index (χ3v) is 6.23. The SMILES string of the molecule is CCn1cc(CN2CCC(C(=O)Nc3ccc(-c4cccc(C)c4)cc3)CC2)c(C)n1. The second kappa shape index (κ2) is 9.48. The number of anilines is 1. The molecule has 1 aromatic heterocycles. The summed E-state index contributed by atoms with van der Waals surface area (Å²) >= 11 is 0. The predicted octanol–water partition coefficient (Wildman–Crippen LogP) is 5.04. The fraction of sp³-hybridized carbons (Fsp3) is 0.385. The lowest BCUT2D eigenvalue weighted by Crippen LogP contribution is -2.37. The first-order valence-corrected chi connectivity index (χ1v) is 11.2. The Labute approximate surface area is 185 Å². The van der Waals surface area contributed by atoms with Crippen LogP contribution in [0, 0.1) is 19.8 Å². The Balaban J connectivity index is 1.29. The van der Waals surface area contributed by atoms with Crippen molar-refractivity contribution in [3.8, 4) is 11.1 Å². The number of nitrogens with one attached hydrogen (secondary N) is 1. The summed E-state index contributed by atoms with van der Waals surface area (Å²) < 4.78 is 2.00. The summed E-state index contributed by atoms with van der Waals surface area (Å²) in [6.45, 7) is 9.99. The minimum absolute atomic E-state index is 0.0761. The normalized spacial score (nSPS) is 15.2. The Kier molecular flexibility index (Phi) is 6.52. The van der Waals surface area contributed by atoms with E-state index < -0.39 is 0 Å². The number of likely N-dealkylation sites (tertiary alicyclic amines) is 1. The van der Waals surface area contributed by atoms with Gasteiger partial charge >= 0.3 is 0 Å². The minimum Gasteiger partial charge on any atom is -0.326 e. The minimum atomic E-state index is 0.0761. The maximum absolute atomic E-state index is 12.8. The molecule has 3 aromatic rings. The van der Waals surface area contributed by atoms with E-state index in [0.29, 0.717) is 0 Å². The topological polar surface area (TPSA) is 50.2 Å². The van der Waals surface area contributed by atoms with Crippen LogP contribution in [-0.2, 0) is 17.9 Å². The van der Waals surface area contributed by atoms with Crippen molar-refractivity contribution in [2.75, 3.05) is 18.4 Å². The first-order valence-electron chi connectivity index (χ1n) is 11.2. The Bertz CT molecular complexity index is 1030. The maximum Gasteiger partial charge on any atom is 0.227 e. The van der Waals surface area contributed by atoms with E-state index in [1.54, 1.807) is 0 Å². The number of hydrogen-bond acceptors (Lipinski definition) is 3. The van der Waals surface area contributed by atoms with Crippen molar-refractivity contribution in [1.82, 2.24) is 14.7 Å². The number of aromatic nitrogens is 2. The number of rotatable bonds is 6. The van der Waals surface area contributed by atoms with Gasteiger partial charge in [0, 0.05) is 36.5 Å². The van der Waals surface area contributed by atoms with Gasteiger partial charge in [-0.3, -0.25) is 14.4 Å². The zero-order valence-electron chi connectivity index (χ0n) is 18.8. The van der Waals surface area contributed by atoms with Crippen molar-refractivity contribution in [2.24, 2.45) is 5.92 Å². The molecule has 1 aliphatic rings. The summed E-state index contributed by atoms with van der Waals surface area (Å²) in [6.07, 6.45) is 3.94. The van der Waals surface area contributed by atoms with Gasteiger partial charge in [0.15, 0.2) is 0 Å². The van der Waals surface area contributed by atoms with Gasteiger partial charge in [-0.15, -0.1) is 0 Å². The molecule has 4 rings (SSSR count). The lowest BCUT2D eigenvalue weighted by Gasteiger charge is -2.31. The van der Waals surface area contributed by atoms with Crippen molar-refractivity contribution >= 4 is 11.6 Å². The van der Waals surface area contributed by atoms with Crippen LogP contribution in [-0.4, -0.2) is 33.7 Å². The molecule has 5 nitrogen and oxygen atoms in total. The molecule has 0 radical (unpaired) electrons. The van der Waals surface area contributed by atoms with Crippen LogP contribution in [0.15, 0.2) is 54.7 Å². The summed E-state index contributed by atoms with van der Waals surface area (Å²) in [7, 11) is 0. The fourth-order valence-corrected chi connectivity index (χ4v) is 4.29. The molecule has 0 spiro atoms. The first kappa shape index (κ1) is 21.3. The molecule has 1 fully saturated rings. The second-order valence-corrected chi connectivity index (χ2v) is 8.58. The van der Waals surface area contributed by atoms with Gasteiger partial charge < -0.3 is 5.32 Å². The number of benzene rings is 2. The van der Waals surface area contributed by atoms with Crippen LogP contribution < -0.4 is 5.32 Å². The van der Waals surface area contributed by atoms with E-state index in [0.717, 1.165) is 56.0 Å². The Morgan fingerprint density at radius 1 is 1.06 bits per heavy atom. The quantitative estimate of drug-likeness (QED) is 0.613. The molecule has 0 bridgehead atoms. The highest BCUT2D eigenvalue weighted by molar-refractivity contribution is 5.92. The van der Waals surface area contributed by atoms with E-state index in [2.05, 4.69) is 78.7 Å². The summed E-state index contributed by atoms with van der Waals surface area (Å²) in [5.41, 5.74) is 6.87. The van der Waals surface area contributed by atoms with E-state index >= 15 is 0 Å². The molecule has 1 aliphatic heterocycles. The van der Waals surface area contributed by atoms with Gasteiger partial charge in [-0.2, -0.15) is 5.10 Å². The first-order chi connectivity index (χ1) is 15.0. The van der Waals surface area contributed by atoms with E-state index in [1.807, 2.05) is 16.8 Å². The number of carbonyl (C=O) groups is 1. The molecule has 1 amide bonds. The van der Waals surface area contributed by atoms with Crippen LogP contribution in [0.2, 0.25) is 0 Å². The smallest absolute Gasteiger partial charge is 0.227 e. The molecule has 2 aromatic carbocycles. The van der Waals surface area contributed by atoms with Gasteiger partial charge in [-0.1, -0.05) is 42.0 Å². The molecular weight excluding hydrogens is 384 g/mol. The Hall–Kier alpha value is -2.92. The van der Waals surface area contributed by atoms with Crippen LogP contribution in [0.1, 0.15) is 36.6 Å². The monoisotopic (exact) mass is 416 g/mol. The predicted molar refractivity (Wildman–Crippen MR) is 126 cm³/mol. The summed E-state index contributed by atoms with van der Waals surface area (Å²) in [6, 6.07) is 16.6. The molecule has 0 unspecified atom stereocenters. The van der Waals surface area contributed by atoms with Crippen molar-refractivity contribution in [3.63, 3.8) is 0 Å². The fourth-order valence-electron chi connectivity index (χ4n) is 4.29. The number of aryl methyl sites for hydroxylation is 3. The lowest BCUT2D eigenvalue weighted by atomic mass is 9.95. The average Bonchev–Trinajstić information content (AvgIpc) is 3.14. The molecule has 2 heterocycles. The van der Waals surface area contributed by atoms with E-state index in [9.17, 15) is 4.79 Å². The molecule has 162 valence electrons. The summed E-state index contributed by atoms with van der Waals surface area (Å²) in [4.78, 5) is 15.2. The van der Waals surface area contributed by atoms with Gasteiger partial charge in [0.25, 0.3) is 0 Å². The second-order valence-electron chi connectivity index (χ2n) is 8.58. The molecule has 31 heavy (non-hydrogen) atoms. The summed E-state index contributed by atoms with van der Waals surface area (Å²) in [5.74, 6) is 0.213. The van der Waals surface area contributed by atoms with Gasteiger partial charge in [0.2, 0.25) is 5.91 Å². The van der Waals surface area contributed by atoms with Crippen molar-refractivity contribution in [2.45, 2.75) is 46.7 Å². The molecule has 0 aliphatic carbocycles. The molecule has 0 saturated carbocycles. The number of hydrogen-bond donors (Lipinski definition) is 1. The highest BCUT2D eigenvalue weighted by Gasteiger charge is 2.25. The van der Waals surface area contributed by atoms with E-state index in [4.69, 9.17) is 0 Å². The number of piperidine rings is 1. The molecule has 1 saturated heterocycles. The van der Waals surface area contributed by atoms with Crippen LogP contribution in [0.5, 0.6) is 0 Å². The van der Waals surface area contributed by atoms with Gasteiger partial charge in [-0.05, 0) is 70.0 Å². The largest absolute Gasteiger partial charge is 0.326 e. The molecule has 5 heteroatoms. The Morgan fingerprint density at radius 3 is 2.45 bits per heavy atom. The van der Waals surface area contributed by atoms with E-state index in [1.165, 1.54) is 16.7 Å². The van der Waals surface area contributed by atoms with Crippen molar-refractivity contribution in [1.29, 1.82) is 0 Å².